The van der Waals surface area contributed by atoms with Gasteiger partial charge in [0.05, 0.1) is 4.92 Å². The third kappa shape index (κ3) is 12.8. The molecule has 0 saturated carbocycles. The molecule has 2 fully saturated rings. The minimum atomic E-state index is -0.499. The number of amides is 2. The number of hydrogen-bond acceptors (Lipinski definition) is 9. The Morgan fingerprint density at radius 2 is 1.18 bits per heavy atom. The summed E-state index contributed by atoms with van der Waals surface area (Å²) in [5.74, 6) is 0. The van der Waals surface area contributed by atoms with Gasteiger partial charge in [-0.2, -0.15) is 0 Å². The minimum Gasteiger partial charge on any atom is -0.444 e. The molecule has 12 heteroatoms. The highest BCUT2D eigenvalue weighted by Gasteiger charge is 2.27. The molecule has 0 unspecified atom stereocenters. The number of carbonyl (C=O) groups is 2. The van der Waals surface area contributed by atoms with Crippen LogP contribution in [-0.4, -0.2) is 76.4 Å². The summed E-state index contributed by atoms with van der Waals surface area (Å²) < 4.78 is 10.5. The second-order valence-electron chi connectivity index (χ2n) is 13.4. The number of alkyl carbamates (subject to hydrolysis) is 2. The van der Waals surface area contributed by atoms with E-state index in [-0.39, 0.29) is 30.0 Å². The first kappa shape index (κ1) is 34.6. The van der Waals surface area contributed by atoms with Crippen molar-refractivity contribution < 1.29 is 24.0 Å². The lowest BCUT2D eigenvalue weighted by Gasteiger charge is -2.22. The molecule has 0 radical (unpaired) electrons. The highest BCUT2D eigenvalue weighted by molar-refractivity contribution is 5.68. The van der Waals surface area contributed by atoms with Gasteiger partial charge in [0.25, 0.3) is 5.69 Å². The Balaban J connectivity index is 0.000000241. The third-order valence-electron chi connectivity index (χ3n) is 6.93. The lowest BCUT2D eigenvalue weighted by molar-refractivity contribution is -0.384. The Bertz CT molecular complexity index is 1240. The Morgan fingerprint density at radius 3 is 1.55 bits per heavy atom. The number of nitrogen functional groups attached to an aromatic ring is 1. The molecule has 2 saturated heterocycles. The summed E-state index contributed by atoms with van der Waals surface area (Å²) in [5.41, 5.74) is 7.87. The summed E-state index contributed by atoms with van der Waals surface area (Å²) in [6.07, 6.45) is 1.10. The zero-order valence-corrected chi connectivity index (χ0v) is 26.8. The van der Waals surface area contributed by atoms with Gasteiger partial charge in [-0.25, -0.2) is 9.59 Å². The molecule has 0 spiro atoms. The van der Waals surface area contributed by atoms with Crippen LogP contribution in [0, 0.1) is 10.1 Å². The van der Waals surface area contributed by atoms with Gasteiger partial charge in [0.15, 0.2) is 0 Å². The van der Waals surface area contributed by atoms with E-state index in [4.69, 9.17) is 15.2 Å². The van der Waals surface area contributed by atoms with Crippen molar-refractivity contribution in [2.24, 2.45) is 0 Å². The number of non-ortho nitro benzene ring substituents is 1. The van der Waals surface area contributed by atoms with Gasteiger partial charge in [-0.05, 0) is 77.6 Å². The zero-order chi connectivity index (χ0) is 32.5. The lowest BCUT2D eigenvalue weighted by atomic mass is 10.2. The third-order valence-corrected chi connectivity index (χ3v) is 6.93. The molecule has 0 bridgehead atoms. The predicted octanol–water partition coefficient (Wildman–Crippen LogP) is 5.06. The van der Waals surface area contributed by atoms with Crippen LogP contribution in [0.25, 0.3) is 0 Å². The SMILES string of the molecule is CC(C)(C)OC(=O)N[C@H]1CCN(Cc2ccc(N)cc2)C1.CC(C)(C)OC(=O)N[C@H]1CCN(Cc2ccc([N+](=O)[O-])cc2)C1. The number of carbonyl (C=O) groups excluding carboxylic acids is 2. The summed E-state index contributed by atoms with van der Waals surface area (Å²) in [5, 5.41) is 16.5. The predicted molar refractivity (Wildman–Crippen MR) is 170 cm³/mol. The fraction of sp³-hybridized carbons (Fsp3) is 0.562. The van der Waals surface area contributed by atoms with Crippen LogP contribution in [0.5, 0.6) is 0 Å². The maximum Gasteiger partial charge on any atom is 0.407 e. The van der Waals surface area contributed by atoms with Crippen LogP contribution in [0.2, 0.25) is 0 Å². The van der Waals surface area contributed by atoms with E-state index in [1.165, 1.54) is 17.7 Å². The number of ether oxygens (including phenoxy) is 2. The van der Waals surface area contributed by atoms with Crippen molar-refractivity contribution in [1.29, 1.82) is 0 Å². The molecule has 2 amide bonds. The molecule has 0 aromatic heterocycles. The normalized spacial score (nSPS) is 19.0. The van der Waals surface area contributed by atoms with Crippen molar-refractivity contribution in [3.63, 3.8) is 0 Å². The monoisotopic (exact) mass is 612 g/mol. The van der Waals surface area contributed by atoms with E-state index in [0.29, 0.717) is 6.54 Å². The molecule has 2 atom stereocenters. The number of nitrogens with two attached hydrogens (primary N) is 1. The number of nitro benzene ring substituents is 1. The van der Waals surface area contributed by atoms with Crippen LogP contribution in [0.4, 0.5) is 21.0 Å². The van der Waals surface area contributed by atoms with E-state index in [1.54, 1.807) is 12.1 Å². The Hall–Kier alpha value is -3.90. The van der Waals surface area contributed by atoms with Gasteiger partial charge >= 0.3 is 12.2 Å². The largest absolute Gasteiger partial charge is 0.444 e. The zero-order valence-electron chi connectivity index (χ0n) is 26.8. The molecule has 2 aliphatic rings. The molecule has 2 aromatic rings. The molecule has 2 aromatic carbocycles. The molecular weight excluding hydrogens is 564 g/mol. The summed E-state index contributed by atoms with van der Waals surface area (Å²) in [6, 6.07) is 14.7. The highest BCUT2D eigenvalue weighted by atomic mass is 16.6. The van der Waals surface area contributed by atoms with Crippen molar-refractivity contribution in [2.45, 2.75) is 90.8 Å². The molecule has 4 N–H and O–H groups in total. The molecule has 44 heavy (non-hydrogen) atoms. The van der Waals surface area contributed by atoms with E-state index in [2.05, 4.69) is 20.4 Å². The van der Waals surface area contributed by atoms with Gasteiger partial charge < -0.3 is 25.8 Å². The van der Waals surface area contributed by atoms with Gasteiger partial charge in [-0.15, -0.1) is 0 Å². The standard InChI is InChI=1S/C16H23N3O4.C16H25N3O2/c1-16(2,3)23-15(20)17-13-8-9-18(11-13)10-12-4-6-14(7-5-12)19(21)22;1-16(2,3)21-15(20)18-14-8-9-19(11-14)10-12-4-6-13(17)7-5-12/h4-7,13H,8-11H2,1-3H3,(H,17,20);4-7,14H,8-11,17H2,1-3H3,(H,18,20)/t13-;14-/m00/s1. The van der Waals surface area contributed by atoms with Gasteiger partial charge in [-0.3, -0.25) is 19.9 Å². The number of nitrogens with one attached hydrogen (secondary N) is 2. The summed E-state index contributed by atoms with van der Waals surface area (Å²) in [7, 11) is 0. The van der Waals surface area contributed by atoms with Crippen LogP contribution in [0.15, 0.2) is 48.5 Å². The fourth-order valence-electron chi connectivity index (χ4n) is 5.00. The van der Waals surface area contributed by atoms with Gasteiger partial charge in [0.2, 0.25) is 0 Å². The van der Waals surface area contributed by atoms with Crippen LogP contribution in [0.3, 0.4) is 0 Å². The second kappa shape index (κ2) is 15.2. The number of likely N-dealkylation sites (tertiary alicyclic amines) is 2. The van der Waals surface area contributed by atoms with Crippen molar-refractivity contribution in [3.05, 3.63) is 69.8 Å². The Kier molecular flexibility index (Phi) is 12.0. The topological polar surface area (TPSA) is 152 Å². The Morgan fingerprint density at radius 1 is 0.795 bits per heavy atom. The van der Waals surface area contributed by atoms with Gasteiger partial charge in [0.1, 0.15) is 11.2 Å². The highest BCUT2D eigenvalue weighted by Crippen LogP contribution is 2.18. The first-order valence-corrected chi connectivity index (χ1v) is 15.1. The van der Waals surface area contributed by atoms with Crippen LogP contribution >= 0.6 is 0 Å². The average molecular weight is 613 g/mol. The molecule has 2 heterocycles. The summed E-state index contributed by atoms with van der Waals surface area (Å²) in [4.78, 5) is 38.3. The molecule has 4 rings (SSSR count). The molecule has 0 aliphatic carbocycles. The summed E-state index contributed by atoms with van der Waals surface area (Å²) >= 11 is 0. The first-order valence-electron chi connectivity index (χ1n) is 15.1. The number of nitro groups is 1. The molecule has 2 aliphatic heterocycles. The number of rotatable bonds is 7. The quantitative estimate of drug-likeness (QED) is 0.221. The maximum atomic E-state index is 11.8. The molecule has 242 valence electrons. The van der Waals surface area contributed by atoms with E-state index in [0.717, 1.165) is 56.8 Å². The van der Waals surface area contributed by atoms with Crippen LogP contribution < -0.4 is 16.4 Å². The van der Waals surface area contributed by atoms with Gasteiger partial charge in [-0.1, -0.05) is 24.3 Å². The van der Waals surface area contributed by atoms with E-state index < -0.39 is 16.1 Å². The maximum absolute atomic E-state index is 11.8. The molecule has 12 nitrogen and oxygen atoms in total. The molecular formula is C32H48N6O6. The van der Waals surface area contributed by atoms with Crippen LogP contribution in [-0.2, 0) is 22.6 Å². The number of hydrogen-bond donors (Lipinski definition) is 3. The van der Waals surface area contributed by atoms with Crippen molar-refractivity contribution in [2.75, 3.05) is 31.9 Å². The van der Waals surface area contributed by atoms with Crippen molar-refractivity contribution >= 4 is 23.6 Å². The average Bonchev–Trinajstić information content (AvgIpc) is 3.52. The number of nitrogens with zero attached hydrogens (tertiary/aromatic N) is 3. The minimum absolute atomic E-state index is 0.0721. The summed E-state index contributed by atoms with van der Waals surface area (Å²) in [6.45, 7) is 16.2. The van der Waals surface area contributed by atoms with E-state index in [1.807, 2.05) is 65.8 Å². The van der Waals surface area contributed by atoms with Gasteiger partial charge in [0, 0.05) is 69.2 Å². The van der Waals surface area contributed by atoms with Crippen LogP contribution in [0.1, 0.15) is 65.5 Å². The Labute approximate surface area is 260 Å². The van der Waals surface area contributed by atoms with E-state index in [9.17, 15) is 19.7 Å². The first-order chi connectivity index (χ1) is 20.5. The number of anilines is 1. The van der Waals surface area contributed by atoms with E-state index >= 15 is 0 Å². The fourth-order valence-corrected chi connectivity index (χ4v) is 5.00. The smallest absolute Gasteiger partial charge is 0.407 e. The second-order valence-corrected chi connectivity index (χ2v) is 13.4. The van der Waals surface area contributed by atoms with Crippen molar-refractivity contribution in [1.82, 2.24) is 20.4 Å². The lowest BCUT2D eigenvalue weighted by Crippen LogP contribution is -2.40. The number of benzene rings is 2. The van der Waals surface area contributed by atoms with Crippen molar-refractivity contribution in [3.8, 4) is 0 Å².